The molecule has 15 heavy (non-hydrogen) atoms. The van der Waals surface area contributed by atoms with Crippen molar-refractivity contribution in [3.8, 4) is 0 Å². The maximum Gasteiger partial charge on any atom is 0.421 e. The van der Waals surface area contributed by atoms with Crippen molar-refractivity contribution in [3.05, 3.63) is 0 Å². The highest BCUT2D eigenvalue weighted by molar-refractivity contribution is 6.05. The normalized spacial score (nSPS) is 20.7. The van der Waals surface area contributed by atoms with Crippen LogP contribution in [0.15, 0.2) is 0 Å². The molecule has 1 fully saturated rings. The molecule has 0 aromatic rings. The summed E-state index contributed by atoms with van der Waals surface area (Å²) in [7, 11) is 1.40. The van der Waals surface area contributed by atoms with E-state index >= 15 is 0 Å². The van der Waals surface area contributed by atoms with Crippen LogP contribution in [0.25, 0.3) is 0 Å². The van der Waals surface area contributed by atoms with Gasteiger partial charge in [-0.1, -0.05) is 0 Å². The van der Waals surface area contributed by atoms with Gasteiger partial charge in [-0.3, -0.25) is 19.9 Å². The molecular weight excluding hydrogens is 202 g/mol. The number of hydrogen-bond acceptors (Lipinski definition) is 5. The molecule has 7 nitrogen and oxygen atoms in total. The largest absolute Gasteiger partial charge is 0.449 e. The summed E-state index contributed by atoms with van der Waals surface area (Å²) in [5, 5.41) is 0. The van der Waals surface area contributed by atoms with E-state index < -0.39 is 12.1 Å². The molecule has 0 aromatic heterocycles. The predicted octanol–water partition coefficient (Wildman–Crippen LogP) is -1.01. The van der Waals surface area contributed by atoms with Crippen LogP contribution < -0.4 is 10.9 Å². The van der Waals surface area contributed by atoms with Gasteiger partial charge in [-0.2, -0.15) is 0 Å². The van der Waals surface area contributed by atoms with E-state index in [4.69, 9.17) is 0 Å². The lowest BCUT2D eigenvalue weighted by molar-refractivity contribution is -0.137. The second kappa shape index (κ2) is 4.74. The summed E-state index contributed by atoms with van der Waals surface area (Å²) in [6, 6.07) is -0.702. The number of hydrazine groups is 1. The fourth-order valence-corrected chi connectivity index (χ4v) is 1.18. The number of likely N-dealkylation sites (N-methyl/N-ethyl adjacent to an activating group) is 1. The zero-order chi connectivity index (χ0) is 11.4. The lowest BCUT2D eigenvalue weighted by Gasteiger charge is -2.11. The van der Waals surface area contributed by atoms with Crippen molar-refractivity contribution in [2.75, 3.05) is 13.7 Å². The van der Waals surface area contributed by atoms with E-state index in [-0.39, 0.29) is 24.8 Å². The van der Waals surface area contributed by atoms with E-state index in [1.807, 2.05) is 0 Å². The molecule has 1 rings (SSSR count). The Hall–Kier alpha value is -1.63. The van der Waals surface area contributed by atoms with Gasteiger partial charge < -0.3 is 4.74 Å². The minimum absolute atomic E-state index is 0.0434. The highest BCUT2D eigenvalue weighted by Crippen LogP contribution is 2.09. The van der Waals surface area contributed by atoms with Crippen LogP contribution in [-0.2, 0) is 14.3 Å². The van der Waals surface area contributed by atoms with Crippen LogP contribution in [0.3, 0.4) is 0 Å². The highest BCUT2D eigenvalue weighted by atomic mass is 16.5. The Morgan fingerprint density at radius 2 is 2.27 bits per heavy atom. The van der Waals surface area contributed by atoms with Crippen molar-refractivity contribution >= 4 is 17.9 Å². The van der Waals surface area contributed by atoms with Gasteiger partial charge in [0.1, 0.15) is 6.04 Å². The van der Waals surface area contributed by atoms with E-state index in [1.165, 1.54) is 7.05 Å². The van der Waals surface area contributed by atoms with Crippen molar-refractivity contribution in [2.45, 2.75) is 19.4 Å². The Balaban J connectivity index is 2.37. The van der Waals surface area contributed by atoms with Gasteiger partial charge in [0.25, 0.3) is 0 Å². The first-order valence-corrected chi connectivity index (χ1v) is 4.55. The van der Waals surface area contributed by atoms with E-state index in [1.54, 1.807) is 6.92 Å². The summed E-state index contributed by atoms with van der Waals surface area (Å²) in [4.78, 5) is 34.3. The van der Waals surface area contributed by atoms with E-state index in [0.717, 1.165) is 4.90 Å². The van der Waals surface area contributed by atoms with Gasteiger partial charge in [-0.15, -0.1) is 0 Å². The minimum atomic E-state index is -0.702. The Bertz CT molecular complexity index is 292. The number of carbonyl (C=O) groups is 3. The third kappa shape index (κ3) is 2.66. The van der Waals surface area contributed by atoms with Gasteiger partial charge in [0, 0.05) is 7.05 Å². The molecule has 7 heteroatoms. The number of carbonyl (C=O) groups excluding carboxylic acids is 3. The lowest BCUT2D eigenvalue weighted by Crippen LogP contribution is -2.47. The summed E-state index contributed by atoms with van der Waals surface area (Å²) in [5.74, 6) is -0.639. The number of nitrogens with zero attached hydrogens (tertiary/aromatic N) is 1. The molecule has 1 atom stereocenters. The van der Waals surface area contributed by atoms with Gasteiger partial charge >= 0.3 is 6.09 Å². The zero-order valence-electron chi connectivity index (χ0n) is 8.57. The first-order valence-electron chi connectivity index (χ1n) is 4.55. The zero-order valence-corrected chi connectivity index (χ0v) is 8.57. The third-order valence-electron chi connectivity index (χ3n) is 2.01. The predicted molar refractivity (Wildman–Crippen MR) is 49.5 cm³/mol. The first-order chi connectivity index (χ1) is 7.06. The second-order valence-electron chi connectivity index (χ2n) is 3.04. The fraction of sp³-hybridized carbons (Fsp3) is 0.625. The molecule has 0 saturated carbocycles. The van der Waals surface area contributed by atoms with E-state index in [9.17, 15) is 14.4 Å². The van der Waals surface area contributed by atoms with Crippen molar-refractivity contribution in [1.82, 2.24) is 15.8 Å². The standard InChI is InChI=1S/C8H13N3O4/c1-3-15-8(14)10-9-5-4-6(12)11(2)7(5)13/h5,9H,3-4H2,1-2H3,(H,10,14). The molecule has 3 amide bonds. The minimum Gasteiger partial charge on any atom is -0.449 e. The number of amides is 3. The van der Waals surface area contributed by atoms with Crippen molar-refractivity contribution in [2.24, 2.45) is 0 Å². The maximum atomic E-state index is 11.3. The number of rotatable bonds is 3. The van der Waals surface area contributed by atoms with Gasteiger partial charge in [0.15, 0.2) is 0 Å². The summed E-state index contributed by atoms with van der Waals surface area (Å²) in [6.45, 7) is 1.91. The molecule has 0 aliphatic carbocycles. The fourth-order valence-electron chi connectivity index (χ4n) is 1.18. The van der Waals surface area contributed by atoms with E-state index in [0.29, 0.717) is 0 Å². The molecule has 2 N–H and O–H groups in total. The maximum absolute atomic E-state index is 11.3. The average molecular weight is 215 g/mol. The van der Waals surface area contributed by atoms with Crippen LogP contribution in [0.4, 0.5) is 4.79 Å². The summed E-state index contributed by atoms with van der Waals surface area (Å²) in [6.07, 6.45) is -0.630. The molecule has 1 aliphatic rings. The van der Waals surface area contributed by atoms with Crippen LogP contribution in [0.1, 0.15) is 13.3 Å². The molecular formula is C8H13N3O4. The SMILES string of the molecule is CCOC(=O)NNC1CC(=O)N(C)C1=O. The highest BCUT2D eigenvalue weighted by Gasteiger charge is 2.36. The van der Waals surface area contributed by atoms with Crippen molar-refractivity contribution in [3.63, 3.8) is 0 Å². The molecule has 1 saturated heterocycles. The number of hydrogen-bond donors (Lipinski definition) is 2. The Morgan fingerprint density at radius 1 is 1.60 bits per heavy atom. The molecule has 1 heterocycles. The number of likely N-dealkylation sites (tertiary alicyclic amines) is 1. The molecule has 0 aromatic carbocycles. The summed E-state index contributed by atoms with van der Waals surface area (Å²) >= 11 is 0. The number of ether oxygens (including phenoxy) is 1. The van der Waals surface area contributed by atoms with Gasteiger partial charge in [-0.25, -0.2) is 10.2 Å². The Labute approximate surface area is 86.7 Å². The van der Waals surface area contributed by atoms with E-state index in [2.05, 4.69) is 15.6 Å². The molecule has 1 aliphatic heterocycles. The molecule has 0 bridgehead atoms. The summed E-state index contributed by atoms with van der Waals surface area (Å²) < 4.78 is 4.57. The van der Waals surface area contributed by atoms with Crippen LogP contribution >= 0.6 is 0 Å². The van der Waals surface area contributed by atoms with Gasteiger partial charge in [0.2, 0.25) is 11.8 Å². The quantitative estimate of drug-likeness (QED) is 0.465. The number of nitrogens with one attached hydrogen (secondary N) is 2. The molecule has 1 unspecified atom stereocenters. The molecule has 0 spiro atoms. The monoisotopic (exact) mass is 215 g/mol. The smallest absolute Gasteiger partial charge is 0.421 e. The first kappa shape index (κ1) is 11.4. The molecule has 84 valence electrons. The van der Waals surface area contributed by atoms with Gasteiger partial charge in [-0.05, 0) is 6.92 Å². The van der Waals surface area contributed by atoms with Crippen molar-refractivity contribution < 1.29 is 19.1 Å². The van der Waals surface area contributed by atoms with Crippen LogP contribution in [0.2, 0.25) is 0 Å². The van der Waals surface area contributed by atoms with Crippen LogP contribution in [-0.4, -0.2) is 42.5 Å². The Morgan fingerprint density at radius 3 is 2.73 bits per heavy atom. The second-order valence-corrected chi connectivity index (χ2v) is 3.04. The van der Waals surface area contributed by atoms with Gasteiger partial charge in [0.05, 0.1) is 13.0 Å². The topological polar surface area (TPSA) is 87.7 Å². The van der Waals surface area contributed by atoms with Crippen molar-refractivity contribution in [1.29, 1.82) is 0 Å². The average Bonchev–Trinajstić information content (AvgIpc) is 2.43. The Kier molecular flexibility index (Phi) is 3.62. The number of imide groups is 1. The van der Waals surface area contributed by atoms with Crippen LogP contribution in [0, 0.1) is 0 Å². The van der Waals surface area contributed by atoms with Crippen LogP contribution in [0.5, 0.6) is 0 Å². The summed E-state index contributed by atoms with van der Waals surface area (Å²) in [5.41, 5.74) is 4.63. The third-order valence-corrected chi connectivity index (χ3v) is 2.01. The lowest BCUT2D eigenvalue weighted by atomic mass is 10.3. The molecule has 0 radical (unpaired) electrons.